The van der Waals surface area contributed by atoms with E-state index in [0.29, 0.717) is 22.1 Å². The summed E-state index contributed by atoms with van der Waals surface area (Å²) in [5, 5.41) is 14.3. The van der Waals surface area contributed by atoms with Crippen LogP contribution in [0.5, 0.6) is 0 Å². The highest BCUT2D eigenvalue weighted by Gasteiger charge is 2.16. The Morgan fingerprint density at radius 1 is 1.15 bits per heavy atom. The first kappa shape index (κ1) is 17.0. The Morgan fingerprint density at radius 3 is 2.67 bits per heavy atom. The molecule has 7 nitrogen and oxygen atoms in total. The normalized spacial score (nSPS) is 10.7. The van der Waals surface area contributed by atoms with Gasteiger partial charge in [-0.1, -0.05) is 12.1 Å². The average Bonchev–Trinajstić information content (AvgIpc) is 3.32. The number of tetrazole rings is 1. The van der Waals surface area contributed by atoms with E-state index in [1.807, 2.05) is 6.92 Å². The first-order valence-electron chi connectivity index (χ1n) is 7.99. The number of halogens is 1. The van der Waals surface area contributed by atoms with Crippen LogP contribution in [0.25, 0.3) is 16.9 Å². The third-order valence-electron chi connectivity index (χ3n) is 3.88. The van der Waals surface area contributed by atoms with Crippen LogP contribution in [-0.2, 0) is 0 Å². The molecule has 0 aliphatic carbocycles. The van der Waals surface area contributed by atoms with Crippen molar-refractivity contribution in [3.8, 4) is 16.9 Å². The van der Waals surface area contributed by atoms with Gasteiger partial charge in [0, 0.05) is 10.4 Å². The molecule has 9 heteroatoms. The van der Waals surface area contributed by atoms with Crippen molar-refractivity contribution in [3.05, 3.63) is 71.1 Å². The van der Waals surface area contributed by atoms with Gasteiger partial charge in [-0.25, -0.2) is 9.37 Å². The van der Waals surface area contributed by atoms with E-state index in [-0.39, 0.29) is 11.7 Å². The lowest BCUT2D eigenvalue weighted by atomic mass is 10.1. The SMILES string of the molecule is Cc1sc(NC(=O)c2ccccc2-n2cnnn2)nc1-c1ccc(F)cc1. The number of nitrogens with zero attached hydrogens (tertiary/aromatic N) is 5. The number of hydrogen-bond donors (Lipinski definition) is 1. The predicted octanol–water partition coefficient (Wildman–Crippen LogP) is 3.49. The molecule has 0 saturated carbocycles. The second-order valence-corrected chi connectivity index (χ2v) is 6.86. The molecular formula is C18H13FN6OS. The third kappa shape index (κ3) is 3.44. The summed E-state index contributed by atoms with van der Waals surface area (Å²) in [4.78, 5) is 18.2. The maximum atomic E-state index is 13.1. The Morgan fingerprint density at radius 2 is 1.93 bits per heavy atom. The van der Waals surface area contributed by atoms with Crippen LogP contribution in [0.4, 0.5) is 9.52 Å². The minimum absolute atomic E-state index is 0.306. The second kappa shape index (κ2) is 7.04. The highest BCUT2D eigenvalue weighted by atomic mass is 32.1. The number of carbonyl (C=O) groups excluding carboxylic acids is 1. The summed E-state index contributed by atoms with van der Waals surface area (Å²) >= 11 is 1.36. The fourth-order valence-electron chi connectivity index (χ4n) is 2.63. The van der Waals surface area contributed by atoms with Crippen LogP contribution in [-0.4, -0.2) is 31.1 Å². The number of amides is 1. The van der Waals surface area contributed by atoms with E-state index in [9.17, 15) is 9.18 Å². The summed E-state index contributed by atoms with van der Waals surface area (Å²) in [5.74, 6) is -0.625. The maximum Gasteiger partial charge on any atom is 0.259 e. The number of thiazole rings is 1. The molecule has 4 aromatic rings. The predicted molar refractivity (Wildman–Crippen MR) is 99.4 cm³/mol. The maximum absolute atomic E-state index is 13.1. The first-order chi connectivity index (χ1) is 13.1. The quantitative estimate of drug-likeness (QED) is 0.586. The van der Waals surface area contributed by atoms with E-state index in [1.165, 1.54) is 34.5 Å². The highest BCUT2D eigenvalue weighted by Crippen LogP contribution is 2.31. The van der Waals surface area contributed by atoms with Gasteiger partial charge < -0.3 is 0 Å². The number of benzene rings is 2. The van der Waals surface area contributed by atoms with Crippen LogP contribution in [0, 0.1) is 12.7 Å². The summed E-state index contributed by atoms with van der Waals surface area (Å²) in [6.45, 7) is 1.90. The van der Waals surface area contributed by atoms with Crippen molar-refractivity contribution in [1.29, 1.82) is 0 Å². The number of carbonyl (C=O) groups is 1. The lowest BCUT2D eigenvalue weighted by molar-refractivity contribution is 0.102. The van der Waals surface area contributed by atoms with Crippen molar-refractivity contribution in [1.82, 2.24) is 25.2 Å². The van der Waals surface area contributed by atoms with Crippen LogP contribution >= 0.6 is 11.3 Å². The topological polar surface area (TPSA) is 85.6 Å². The largest absolute Gasteiger partial charge is 0.298 e. The Balaban J connectivity index is 1.62. The molecule has 2 aromatic heterocycles. The van der Waals surface area contributed by atoms with Crippen LogP contribution < -0.4 is 5.32 Å². The molecule has 0 aliphatic heterocycles. The summed E-state index contributed by atoms with van der Waals surface area (Å²) < 4.78 is 14.6. The van der Waals surface area contributed by atoms with Gasteiger partial charge in [0.2, 0.25) is 0 Å². The van der Waals surface area contributed by atoms with Crippen molar-refractivity contribution in [2.45, 2.75) is 6.92 Å². The van der Waals surface area contributed by atoms with Crippen molar-refractivity contribution in [2.24, 2.45) is 0 Å². The van der Waals surface area contributed by atoms with E-state index < -0.39 is 0 Å². The van der Waals surface area contributed by atoms with Gasteiger partial charge >= 0.3 is 0 Å². The smallest absolute Gasteiger partial charge is 0.259 e. The molecule has 0 unspecified atom stereocenters. The van der Waals surface area contributed by atoms with Gasteiger partial charge in [0.15, 0.2) is 5.13 Å². The molecule has 1 amide bonds. The second-order valence-electron chi connectivity index (χ2n) is 5.66. The molecule has 0 aliphatic rings. The minimum atomic E-state index is -0.319. The number of nitrogens with one attached hydrogen (secondary N) is 1. The third-order valence-corrected chi connectivity index (χ3v) is 4.77. The van der Waals surface area contributed by atoms with E-state index in [4.69, 9.17) is 0 Å². The van der Waals surface area contributed by atoms with Gasteiger partial charge in [0.1, 0.15) is 12.1 Å². The van der Waals surface area contributed by atoms with Crippen molar-refractivity contribution < 1.29 is 9.18 Å². The summed E-state index contributed by atoms with van der Waals surface area (Å²) in [6.07, 6.45) is 1.42. The van der Waals surface area contributed by atoms with Crippen molar-refractivity contribution >= 4 is 22.4 Å². The van der Waals surface area contributed by atoms with Gasteiger partial charge in [0.05, 0.1) is 16.9 Å². The van der Waals surface area contributed by atoms with E-state index in [0.717, 1.165) is 10.4 Å². The molecule has 0 bridgehead atoms. The molecular weight excluding hydrogens is 367 g/mol. The number of para-hydroxylation sites is 1. The Labute approximate surface area is 157 Å². The van der Waals surface area contributed by atoms with E-state index in [1.54, 1.807) is 36.4 Å². The van der Waals surface area contributed by atoms with Gasteiger partial charge in [-0.2, -0.15) is 4.68 Å². The fraction of sp³-hybridized carbons (Fsp3) is 0.0556. The fourth-order valence-corrected chi connectivity index (χ4v) is 3.46. The molecule has 0 spiro atoms. The molecule has 0 saturated heterocycles. The Hall–Kier alpha value is -3.46. The zero-order chi connectivity index (χ0) is 18.8. The number of aryl methyl sites for hydroxylation is 1. The molecule has 27 heavy (non-hydrogen) atoms. The van der Waals surface area contributed by atoms with Gasteiger partial charge in [0.25, 0.3) is 5.91 Å². The molecule has 0 fully saturated rings. The Bertz CT molecular complexity index is 1090. The molecule has 1 N–H and O–H groups in total. The summed E-state index contributed by atoms with van der Waals surface area (Å²) in [6, 6.07) is 13.1. The van der Waals surface area contributed by atoms with Gasteiger partial charge in [-0.15, -0.1) is 16.4 Å². The lowest BCUT2D eigenvalue weighted by Crippen LogP contribution is -2.15. The van der Waals surface area contributed by atoms with E-state index >= 15 is 0 Å². The van der Waals surface area contributed by atoms with Crippen LogP contribution in [0.1, 0.15) is 15.2 Å². The summed E-state index contributed by atoms with van der Waals surface area (Å²) in [7, 11) is 0. The minimum Gasteiger partial charge on any atom is -0.298 e. The number of aromatic nitrogens is 5. The van der Waals surface area contributed by atoms with Crippen molar-refractivity contribution in [2.75, 3.05) is 5.32 Å². The standard InChI is InChI=1S/C18H13FN6OS/c1-11-16(12-6-8-13(19)9-7-12)21-18(27-11)22-17(26)14-4-2-3-5-15(14)25-10-20-23-24-25/h2-10H,1H3,(H,21,22,26). The average molecular weight is 380 g/mol. The van der Waals surface area contributed by atoms with Crippen molar-refractivity contribution in [3.63, 3.8) is 0 Å². The molecule has 2 aromatic carbocycles. The molecule has 4 rings (SSSR count). The van der Waals surface area contributed by atoms with Crippen LogP contribution in [0.3, 0.4) is 0 Å². The summed E-state index contributed by atoms with van der Waals surface area (Å²) in [5.41, 5.74) is 2.48. The molecule has 2 heterocycles. The first-order valence-corrected chi connectivity index (χ1v) is 8.80. The molecule has 134 valence electrons. The van der Waals surface area contributed by atoms with Crippen LogP contribution in [0.15, 0.2) is 54.9 Å². The van der Waals surface area contributed by atoms with Crippen LogP contribution in [0.2, 0.25) is 0 Å². The lowest BCUT2D eigenvalue weighted by Gasteiger charge is -2.07. The highest BCUT2D eigenvalue weighted by molar-refractivity contribution is 7.16. The Kier molecular flexibility index (Phi) is 4.43. The molecule has 0 radical (unpaired) electrons. The van der Waals surface area contributed by atoms with Gasteiger partial charge in [-0.05, 0) is 53.7 Å². The van der Waals surface area contributed by atoms with E-state index in [2.05, 4.69) is 25.8 Å². The zero-order valence-corrected chi connectivity index (χ0v) is 14.9. The zero-order valence-electron chi connectivity index (χ0n) is 14.1. The number of hydrogen-bond acceptors (Lipinski definition) is 6. The molecule has 0 atom stereocenters. The number of anilines is 1. The number of rotatable bonds is 4. The monoisotopic (exact) mass is 380 g/mol. The van der Waals surface area contributed by atoms with Gasteiger partial charge in [-0.3, -0.25) is 10.1 Å².